The highest BCUT2D eigenvalue weighted by Crippen LogP contribution is 2.25. The Morgan fingerprint density at radius 2 is 2.17 bits per heavy atom. The molecule has 0 aliphatic heterocycles. The zero-order valence-electron chi connectivity index (χ0n) is 7.79. The molecule has 0 bridgehead atoms. The highest BCUT2D eigenvalue weighted by Gasteiger charge is 2.15. The molecule has 0 radical (unpaired) electrons. The molecule has 66 valence electrons. The second kappa shape index (κ2) is 3.57. The van der Waals surface area contributed by atoms with Crippen LogP contribution >= 0.6 is 0 Å². The van der Waals surface area contributed by atoms with E-state index in [2.05, 4.69) is 38.2 Å². The molecule has 1 aliphatic rings. The summed E-state index contributed by atoms with van der Waals surface area (Å²) in [6.45, 7) is 6.40. The van der Waals surface area contributed by atoms with Crippen LogP contribution in [0.15, 0.2) is 23.3 Å². The van der Waals surface area contributed by atoms with Gasteiger partial charge in [-0.25, -0.2) is 0 Å². The third-order valence-electron chi connectivity index (χ3n) is 2.13. The second-order valence-electron chi connectivity index (χ2n) is 3.44. The van der Waals surface area contributed by atoms with Crippen LogP contribution in [0, 0.1) is 5.92 Å². The number of hydrogen-bond donors (Lipinski definition) is 1. The Morgan fingerprint density at radius 1 is 1.50 bits per heavy atom. The van der Waals surface area contributed by atoms with Crippen molar-refractivity contribution in [3.63, 3.8) is 0 Å². The molecule has 12 heavy (non-hydrogen) atoms. The summed E-state index contributed by atoms with van der Waals surface area (Å²) in [5, 5.41) is 2.73. The molecule has 0 spiro atoms. The predicted octanol–water partition coefficient (Wildman–Crippen LogP) is 1.64. The maximum Gasteiger partial charge on any atom is 0.207 e. The molecule has 1 aliphatic carbocycles. The normalized spacial score (nSPS) is 22.2. The monoisotopic (exact) mass is 165 g/mol. The van der Waals surface area contributed by atoms with Crippen LogP contribution in [-0.2, 0) is 4.79 Å². The molecule has 1 rings (SSSR count). The van der Waals surface area contributed by atoms with Crippen LogP contribution < -0.4 is 5.32 Å². The first kappa shape index (κ1) is 9.04. The first-order valence-corrected chi connectivity index (χ1v) is 4.25. The Labute approximate surface area is 73.4 Å². The van der Waals surface area contributed by atoms with Gasteiger partial charge in [-0.05, 0) is 24.0 Å². The molecule has 0 aromatic carbocycles. The fourth-order valence-electron chi connectivity index (χ4n) is 1.56. The van der Waals surface area contributed by atoms with Crippen molar-refractivity contribution in [2.75, 3.05) is 0 Å². The van der Waals surface area contributed by atoms with Crippen molar-refractivity contribution < 1.29 is 4.79 Å². The van der Waals surface area contributed by atoms with Crippen LogP contribution in [0.25, 0.3) is 0 Å². The van der Waals surface area contributed by atoms with E-state index in [0.29, 0.717) is 5.92 Å². The second-order valence-corrected chi connectivity index (χ2v) is 3.44. The van der Waals surface area contributed by atoms with Gasteiger partial charge in [0.15, 0.2) is 0 Å². The van der Waals surface area contributed by atoms with E-state index < -0.39 is 0 Å². The Kier molecular flexibility index (Phi) is 2.69. The van der Waals surface area contributed by atoms with Gasteiger partial charge < -0.3 is 5.32 Å². The van der Waals surface area contributed by atoms with E-state index in [0.717, 1.165) is 6.41 Å². The molecule has 1 N–H and O–H groups in total. The Morgan fingerprint density at radius 3 is 2.58 bits per heavy atom. The highest BCUT2D eigenvalue weighted by atomic mass is 16.1. The first-order valence-electron chi connectivity index (χ1n) is 4.25. The SMILES string of the molecule is CC1=CC(NC=O)C=C1C(C)C. The molecule has 0 fully saturated rings. The molecule has 0 aromatic heterocycles. The van der Waals surface area contributed by atoms with Crippen LogP contribution in [-0.4, -0.2) is 12.5 Å². The van der Waals surface area contributed by atoms with Gasteiger partial charge in [-0.15, -0.1) is 0 Å². The number of carbonyl (C=O) groups excluding carboxylic acids is 1. The summed E-state index contributed by atoms with van der Waals surface area (Å²) in [7, 11) is 0. The van der Waals surface area contributed by atoms with Gasteiger partial charge in [0.25, 0.3) is 0 Å². The number of carbonyl (C=O) groups is 1. The van der Waals surface area contributed by atoms with Crippen molar-refractivity contribution in [1.29, 1.82) is 0 Å². The number of amides is 1. The van der Waals surface area contributed by atoms with E-state index in [1.54, 1.807) is 0 Å². The van der Waals surface area contributed by atoms with Gasteiger partial charge in [-0.3, -0.25) is 4.79 Å². The van der Waals surface area contributed by atoms with Gasteiger partial charge in [0.2, 0.25) is 6.41 Å². The van der Waals surface area contributed by atoms with E-state index >= 15 is 0 Å². The predicted molar refractivity (Wildman–Crippen MR) is 49.7 cm³/mol. The van der Waals surface area contributed by atoms with Crippen LogP contribution in [0.5, 0.6) is 0 Å². The minimum atomic E-state index is 0.111. The highest BCUT2D eigenvalue weighted by molar-refractivity contribution is 5.51. The third kappa shape index (κ3) is 1.76. The largest absolute Gasteiger partial charge is 0.349 e. The van der Waals surface area contributed by atoms with E-state index in [-0.39, 0.29) is 6.04 Å². The lowest BCUT2D eigenvalue weighted by Gasteiger charge is -2.06. The summed E-state index contributed by atoms with van der Waals surface area (Å²) in [5.41, 5.74) is 2.62. The molecule has 2 heteroatoms. The lowest BCUT2D eigenvalue weighted by Crippen LogP contribution is -2.21. The molecule has 0 heterocycles. The van der Waals surface area contributed by atoms with Gasteiger partial charge >= 0.3 is 0 Å². The number of nitrogens with one attached hydrogen (secondary N) is 1. The fraction of sp³-hybridized carbons (Fsp3) is 0.500. The van der Waals surface area contributed by atoms with E-state index in [4.69, 9.17) is 0 Å². The van der Waals surface area contributed by atoms with Crippen molar-refractivity contribution in [2.24, 2.45) is 5.92 Å². The van der Waals surface area contributed by atoms with Gasteiger partial charge in [0.1, 0.15) is 0 Å². The minimum absolute atomic E-state index is 0.111. The van der Waals surface area contributed by atoms with Crippen molar-refractivity contribution in [2.45, 2.75) is 26.8 Å². The fourth-order valence-corrected chi connectivity index (χ4v) is 1.56. The summed E-state index contributed by atoms with van der Waals surface area (Å²) in [5.74, 6) is 0.541. The molecule has 0 aromatic rings. The first-order chi connectivity index (χ1) is 5.65. The van der Waals surface area contributed by atoms with E-state index in [1.807, 2.05) is 0 Å². The third-order valence-corrected chi connectivity index (χ3v) is 2.13. The van der Waals surface area contributed by atoms with Crippen molar-refractivity contribution in [3.05, 3.63) is 23.3 Å². The molecule has 1 unspecified atom stereocenters. The van der Waals surface area contributed by atoms with Crippen LogP contribution in [0.2, 0.25) is 0 Å². The topological polar surface area (TPSA) is 29.1 Å². The zero-order valence-corrected chi connectivity index (χ0v) is 7.79. The average molecular weight is 165 g/mol. The van der Waals surface area contributed by atoms with Crippen molar-refractivity contribution in [3.8, 4) is 0 Å². The summed E-state index contributed by atoms with van der Waals surface area (Å²) in [4.78, 5) is 10.2. The maximum absolute atomic E-state index is 10.2. The standard InChI is InChI=1S/C10H15NO/c1-7(2)10-5-9(11-6-12)4-8(10)3/h4-7,9H,1-3H3,(H,11,12). The average Bonchev–Trinajstić information content (AvgIpc) is 2.32. The van der Waals surface area contributed by atoms with Gasteiger partial charge in [-0.2, -0.15) is 0 Å². The molecule has 1 amide bonds. The number of rotatable bonds is 3. The lowest BCUT2D eigenvalue weighted by atomic mass is 10.00. The van der Waals surface area contributed by atoms with E-state index in [1.165, 1.54) is 11.1 Å². The molecule has 0 saturated carbocycles. The summed E-state index contributed by atoms with van der Waals surface area (Å²) >= 11 is 0. The molecule has 0 saturated heterocycles. The van der Waals surface area contributed by atoms with Gasteiger partial charge in [0, 0.05) is 0 Å². The maximum atomic E-state index is 10.2. The summed E-state index contributed by atoms with van der Waals surface area (Å²) < 4.78 is 0. The van der Waals surface area contributed by atoms with Crippen LogP contribution in [0.4, 0.5) is 0 Å². The molecular weight excluding hydrogens is 150 g/mol. The number of allylic oxidation sites excluding steroid dienone is 2. The van der Waals surface area contributed by atoms with E-state index in [9.17, 15) is 4.79 Å². The van der Waals surface area contributed by atoms with Gasteiger partial charge in [-0.1, -0.05) is 26.0 Å². The van der Waals surface area contributed by atoms with Gasteiger partial charge in [0.05, 0.1) is 6.04 Å². The minimum Gasteiger partial charge on any atom is -0.349 e. The molecule has 1 atom stereocenters. The van der Waals surface area contributed by atoms with Crippen LogP contribution in [0.3, 0.4) is 0 Å². The molecular formula is C10H15NO. The Balaban J connectivity index is 2.72. The summed E-state index contributed by atoms with van der Waals surface area (Å²) in [6, 6.07) is 0.111. The Bertz CT molecular complexity index is 238. The quantitative estimate of drug-likeness (QED) is 0.633. The van der Waals surface area contributed by atoms with Crippen molar-refractivity contribution in [1.82, 2.24) is 5.32 Å². The van der Waals surface area contributed by atoms with Crippen molar-refractivity contribution >= 4 is 6.41 Å². The van der Waals surface area contributed by atoms with Crippen LogP contribution in [0.1, 0.15) is 20.8 Å². The zero-order chi connectivity index (χ0) is 9.14. The Hall–Kier alpha value is -1.05. The summed E-state index contributed by atoms with van der Waals surface area (Å²) in [6.07, 6.45) is 4.92. The molecule has 2 nitrogen and oxygen atoms in total. The smallest absolute Gasteiger partial charge is 0.207 e. The lowest BCUT2D eigenvalue weighted by molar-refractivity contribution is -0.109. The number of hydrogen-bond acceptors (Lipinski definition) is 1.